The number of hydrogen-bond acceptors (Lipinski definition) is 4. The molecule has 0 bridgehead atoms. The average Bonchev–Trinajstić information content (AvgIpc) is 2.51. The third-order valence-electron chi connectivity index (χ3n) is 1.16. The monoisotopic (exact) mass is 189 g/mol. The Morgan fingerprint density at radius 1 is 1.83 bits per heavy atom. The van der Waals surface area contributed by atoms with Gasteiger partial charge in [-0.25, -0.2) is 4.57 Å². The molecule has 1 rings (SSSR count). The van der Waals surface area contributed by atoms with Gasteiger partial charge in [0.05, 0.1) is 0 Å². The summed E-state index contributed by atoms with van der Waals surface area (Å²) in [6.45, 7) is 0. The predicted octanol–water partition coefficient (Wildman–Crippen LogP) is 0.670. The fourth-order valence-corrected chi connectivity index (χ4v) is 0.750. The van der Waals surface area contributed by atoms with Crippen LogP contribution in [0.3, 0.4) is 0 Å². The highest BCUT2D eigenvalue weighted by atomic mass is 35.5. The van der Waals surface area contributed by atoms with Crippen molar-refractivity contribution in [2.24, 2.45) is 0 Å². The van der Waals surface area contributed by atoms with E-state index >= 15 is 0 Å². The summed E-state index contributed by atoms with van der Waals surface area (Å²) in [7, 11) is 0. The maximum atomic E-state index is 10.8. The Labute approximate surface area is 71.9 Å². The molecule has 1 aromatic rings. The van der Waals surface area contributed by atoms with E-state index in [9.17, 15) is 14.9 Å². The second-order valence-electron chi connectivity index (χ2n) is 1.92. The van der Waals surface area contributed by atoms with Crippen LogP contribution >= 0.6 is 11.6 Å². The molecule has 6 nitrogen and oxygen atoms in total. The summed E-state index contributed by atoms with van der Waals surface area (Å²) < 4.78 is 0.977. The normalized spacial score (nSPS) is 9.75. The molecule has 0 aromatic carbocycles. The van der Waals surface area contributed by atoms with E-state index in [0.717, 1.165) is 17.1 Å². The highest BCUT2D eigenvalue weighted by Gasteiger charge is 2.12. The van der Waals surface area contributed by atoms with Gasteiger partial charge in [0.25, 0.3) is 0 Å². The smallest absolute Gasteiger partial charge is 0.358 e. The molecule has 0 spiro atoms. The van der Waals surface area contributed by atoms with Crippen molar-refractivity contribution >= 4 is 23.3 Å². The lowest BCUT2D eigenvalue weighted by Crippen LogP contribution is -2.08. The van der Waals surface area contributed by atoms with Crippen LogP contribution in [0.2, 0.25) is 0 Å². The number of alkyl halides is 1. The largest absolute Gasteiger partial charge is 0.381 e. The molecule has 12 heavy (non-hydrogen) atoms. The first-order valence-corrected chi connectivity index (χ1v) is 3.46. The Bertz CT molecular complexity index is 321. The van der Waals surface area contributed by atoms with E-state index in [1.807, 2.05) is 0 Å². The van der Waals surface area contributed by atoms with E-state index in [2.05, 4.69) is 4.98 Å². The summed E-state index contributed by atoms with van der Waals surface area (Å²) in [6.07, 6.45) is 2.08. The number of halogens is 1. The first-order valence-electron chi connectivity index (χ1n) is 2.92. The van der Waals surface area contributed by atoms with Crippen molar-refractivity contribution in [3.63, 3.8) is 0 Å². The number of carbonyl (C=O) groups excluding carboxylic acids is 1. The van der Waals surface area contributed by atoms with Gasteiger partial charge < -0.3 is 10.1 Å². The molecule has 0 radical (unpaired) electrons. The van der Waals surface area contributed by atoms with Gasteiger partial charge in [-0.2, -0.15) is 0 Å². The number of nitro groups is 1. The van der Waals surface area contributed by atoms with Gasteiger partial charge in [0.15, 0.2) is 0 Å². The van der Waals surface area contributed by atoms with Crippen LogP contribution < -0.4 is 0 Å². The molecular weight excluding hydrogens is 186 g/mol. The summed E-state index contributed by atoms with van der Waals surface area (Å²) in [5.74, 6) is -1.04. The molecule has 64 valence electrons. The quantitative estimate of drug-likeness (QED) is 0.389. The van der Waals surface area contributed by atoms with Crippen molar-refractivity contribution in [3.8, 4) is 0 Å². The number of rotatable bonds is 2. The molecule has 0 saturated carbocycles. The van der Waals surface area contributed by atoms with Gasteiger partial charge in [0.1, 0.15) is 12.1 Å². The van der Waals surface area contributed by atoms with E-state index in [1.165, 1.54) is 0 Å². The Hall–Kier alpha value is -1.43. The van der Waals surface area contributed by atoms with Gasteiger partial charge in [-0.15, -0.1) is 11.6 Å². The summed E-state index contributed by atoms with van der Waals surface area (Å²) in [5, 5.41) is 10.1. The summed E-state index contributed by atoms with van der Waals surface area (Å²) in [4.78, 5) is 23.6. The molecule has 0 saturated heterocycles. The number of nitrogens with zero attached hydrogens (tertiary/aromatic N) is 3. The lowest BCUT2D eigenvalue weighted by atomic mass is 10.6. The van der Waals surface area contributed by atoms with Crippen molar-refractivity contribution in [2.45, 2.75) is 0 Å². The lowest BCUT2D eigenvalue weighted by Gasteiger charge is -1.90. The molecule has 0 atom stereocenters. The van der Waals surface area contributed by atoms with Gasteiger partial charge in [0, 0.05) is 0 Å². The average molecular weight is 190 g/mol. The number of carbonyl (C=O) groups is 1. The van der Waals surface area contributed by atoms with Crippen molar-refractivity contribution in [2.75, 3.05) is 5.88 Å². The van der Waals surface area contributed by atoms with Crippen LogP contribution in [0.15, 0.2) is 12.5 Å². The first kappa shape index (κ1) is 8.66. The summed E-state index contributed by atoms with van der Waals surface area (Å²) in [6, 6.07) is 0. The SMILES string of the molecule is O=C(CCl)n1cnc([N+](=O)[O-])c1. The van der Waals surface area contributed by atoms with Gasteiger partial charge in [0.2, 0.25) is 12.2 Å². The molecule has 0 unspecified atom stereocenters. The molecule has 0 aliphatic rings. The molecule has 7 heteroatoms. The van der Waals surface area contributed by atoms with E-state index in [0.29, 0.717) is 0 Å². The topological polar surface area (TPSA) is 78.0 Å². The zero-order valence-corrected chi connectivity index (χ0v) is 6.56. The molecule has 0 amide bonds. The second kappa shape index (κ2) is 3.31. The molecular formula is C5H4ClN3O3. The molecule has 0 aliphatic heterocycles. The third kappa shape index (κ3) is 1.59. The molecule has 1 heterocycles. The molecule has 0 N–H and O–H groups in total. The van der Waals surface area contributed by atoms with Gasteiger partial charge in [-0.3, -0.25) is 4.79 Å². The summed E-state index contributed by atoms with van der Waals surface area (Å²) in [5.41, 5.74) is 0. The minimum atomic E-state index is -0.683. The van der Waals surface area contributed by atoms with Crippen LogP contribution in [-0.4, -0.2) is 26.3 Å². The van der Waals surface area contributed by atoms with Gasteiger partial charge in [-0.05, 0) is 9.91 Å². The predicted molar refractivity (Wildman–Crippen MR) is 40.2 cm³/mol. The molecule has 0 aliphatic carbocycles. The summed E-state index contributed by atoms with van der Waals surface area (Å²) >= 11 is 5.21. The van der Waals surface area contributed by atoms with E-state index in [-0.39, 0.29) is 11.7 Å². The minimum absolute atomic E-state index is 0.229. The second-order valence-corrected chi connectivity index (χ2v) is 2.19. The van der Waals surface area contributed by atoms with Crippen LogP contribution in [0.4, 0.5) is 5.82 Å². The third-order valence-corrected chi connectivity index (χ3v) is 1.39. The Balaban J connectivity index is 2.91. The van der Waals surface area contributed by atoms with Crippen molar-refractivity contribution in [1.29, 1.82) is 0 Å². The zero-order valence-electron chi connectivity index (χ0n) is 5.81. The van der Waals surface area contributed by atoms with Crippen LogP contribution in [0.1, 0.15) is 4.79 Å². The van der Waals surface area contributed by atoms with Crippen molar-refractivity contribution in [1.82, 2.24) is 9.55 Å². The Kier molecular flexibility index (Phi) is 2.39. The minimum Gasteiger partial charge on any atom is -0.358 e. The van der Waals surface area contributed by atoms with E-state index in [4.69, 9.17) is 11.6 Å². The van der Waals surface area contributed by atoms with Gasteiger partial charge in [-0.1, -0.05) is 0 Å². The van der Waals surface area contributed by atoms with Gasteiger partial charge >= 0.3 is 5.82 Å². The standard InChI is InChI=1S/C5H4ClN3O3/c6-1-5(10)8-2-4(7-3-8)9(11)12/h2-3H,1H2. The Morgan fingerprint density at radius 3 is 2.92 bits per heavy atom. The molecule has 1 aromatic heterocycles. The Morgan fingerprint density at radius 2 is 2.50 bits per heavy atom. The van der Waals surface area contributed by atoms with Crippen molar-refractivity contribution < 1.29 is 9.72 Å². The number of aromatic nitrogens is 2. The fraction of sp³-hybridized carbons (Fsp3) is 0.200. The zero-order chi connectivity index (χ0) is 9.14. The van der Waals surface area contributed by atoms with Crippen molar-refractivity contribution in [3.05, 3.63) is 22.6 Å². The maximum Gasteiger partial charge on any atom is 0.381 e. The highest BCUT2D eigenvalue weighted by molar-refractivity contribution is 6.27. The van der Waals surface area contributed by atoms with Crippen LogP contribution in [0, 0.1) is 10.1 Å². The number of imidazole rings is 1. The highest BCUT2D eigenvalue weighted by Crippen LogP contribution is 2.05. The number of hydrogen-bond donors (Lipinski definition) is 0. The van der Waals surface area contributed by atoms with Crippen LogP contribution in [-0.2, 0) is 0 Å². The van der Waals surface area contributed by atoms with Crippen LogP contribution in [0.25, 0.3) is 0 Å². The first-order chi connectivity index (χ1) is 5.65. The molecule has 0 fully saturated rings. The van der Waals surface area contributed by atoms with E-state index < -0.39 is 10.8 Å². The van der Waals surface area contributed by atoms with E-state index in [1.54, 1.807) is 0 Å². The van der Waals surface area contributed by atoms with Crippen LogP contribution in [0.5, 0.6) is 0 Å². The fourth-order valence-electron chi connectivity index (χ4n) is 0.612. The lowest BCUT2D eigenvalue weighted by molar-refractivity contribution is -0.389. The maximum absolute atomic E-state index is 10.8.